The lowest BCUT2D eigenvalue weighted by molar-refractivity contribution is -0.135. The van der Waals surface area contributed by atoms with E-state index in [9.17, 15) is 19.2 Å². The highest BCUT2D eigenvalue weighted by Crippen LogP contribution is 2.36. The van der Waals surface area contributed by atoms with Crippen LogP contribution in [0.25, 0.3) is 0 Å². The van der Waals surface area contributed by atoms with Crippen molar-refractivity contribution >= 4 is 24.0 Å². The molecular weight excluding hydrogens is 520 g/mol. The summed E-state index contributed by atoms with van der Waals surface area (Å²) in [6.45, 7) is 12.8. The number of amides is 3. The topological polar surface area (TPSA) is 128 Å². The lowest BCUT2D eigenvalue weighted by Gasteiger charge is -2.37. The first-order chi connectivity index (χ1) is 19.6. The standard InChI is InChI=1S/C30H42N4O4.C2H6O/c1-18(2)31-30(38)33-27(24-15-22-10-5-6-11-23(22)16-24)20(4)34-13-12-19(3)28(34)29(37)32-25(26(36)17-35)14-21-8-7-9-21;1-2-3/h5-6,10-11,17-19,21,24-25,27-28H,4,7-9,12-16H2,1-3H3,(H,32,37)(H2,31,33,38);3H,2H2,1H3/t19-,25?,27?,28?;/m0./s1. The molecule has 2 fully saturated rings. The van der Waals surface area contributed by atoms with Gasteiger partial charge in [-0.3, -0.25) is 14.4 Å². The van der Waals surface area contributed by atoms with E-state index in [4.69, 9.17) is 5.11 Å². The van der Waals surface area contributed by atoms with E-state index in [1.54, 1.807) is 6.92 Å². The van der Waals surface area contributed by atoms with Gasteiger partial charge in [0.1, 0.15) is 6.04 Å². The number of fused-ring (bicyclic) bond motifs is 1. The van der Waals surface area contributed by atoms with E-state index >= 15 is 0 Å². The van der Waals surface area contributed by atoms with Gasteiger partial charge in [-0.1, -0.05) is 57.0 Å². The van der Waals surface area contributed by atoms with Gasteiger partial charge in [0.05, 0.1) is 12.1 Å². The van der Waals surface area contributed by atoms with Gasteiger partial charge in [-0.25, -0.2) is 4.79 Å². The molecule has 1 saturated carbocycles. The van der Waals surface area contributed by atoms with Crippen LogP contribution in [0.4, 0.5) is 4.79 Å². The molecule has 1 heterocycles. The van der Waals surface area contributed by atoms with Gasteiger partial charge in [0.2, 0.25) is 11.7 Å². The number of aliphatic hydroxyl groups is 1. The molecule has 4 atom stereocenters. The van der Waals surface area contributed by atoms with Gasteiger partial charge in [-0.2, -0.15) is 0 Å². The molecule has 2 aliphatic carbocycles. The third-order valence-corrected chi connectivity index (χ3v) is 8.53. The average Bonchev–Trinajstić information content (AvgIpc) is 3.51. The van der Waals surface area contributed by atoms with Crippen LogP contribution < -0.4 is 16.0 Å². The van der Waals surface area contributed by atoms with E-state index in [1.807, 2.05) is 37.8 Å². The van der Waals surface area contributed by atoms with Gasteiger partial charge < -0.3 is 26.0 Å². The fraction of sp³-hybridized carbons (Fsp3) is 0.625. The summed E-state index contributed by atoms with van der Waals surface area (Å²) in [5.74, 6) is -0.312. The first kappa shape index (κ1) is 32.3. The number of rotatable bonds is 11. The Morgan fingerprint density at radius 1 is 1.07 bits per heavy atom. The van der Waals surface area contributed by atoms with Crippen molar-refractivity contribution in [2.24, 2.45) is 17.8 Å². The molecule has 41 heavy (non-hydrogen) atoms. The number of Topliss-reactive ketones (excluding diaryl/α,β-unsaturated/α-hetero) is 1. The second-order valence-electron chi connectivity index (χ2n) is 12.0. The predicted molar refractivity (Wildman–Crippen MR) is 159 cm³/mol. The van der Waals surface area contributed by atoms with Crippen LogP contribution >= 0.6 is 0 Å². The molecule has 1 aromatic carbocycles. The third-order valence-electron chi connectivity index (χ3n) is 8.53. The second kappa shape index (κ2) is 15.1. The summed E-state index contributed by atoms with van der Waals surface area (Å²) in [4.78, 5) is 52.2. The van der Waals surface area contributed by atoms with E-state index in [0.717, 1.165) is 38.5 Å². The number of aldehydes is 1. The average molecular weight is 569 g/mol. The lowest BCUT2D eigenvalue weighted by Crippen LogP contribution is -2.55. The Balaban J connectivity index is 0.00000147. The fourth-order valence-electron chi connectivity index (χ4n) is 6.24. The molecule has 4 N–H and O–H groups in total. The minimum Gasteiger partial charge on any atom is -0.397 e. The highest BCUT2D eigenvalue weighted by molar-refractivity contribution is 6.28. The third kappa shape index (κ3) is 8.41. The van der Waals surface area contributed by atoms with Gasteiger partial charge in [0, 0.05) is 24.9 Å². The first-order valence-electron chi connectivity index (χ1n) is 15.1. The van der Waals surface area contributed by atoms with Crippen molar-refractivity contribution in [2.45, 2.75) is 96.8 Å². The van der Waals surface area contributed by atoms with Crippen LogP contribution in [0.5, 0.6) is 0 Å². The van der Waals surface area contributed by atoms with Crippen LogP contribution in [0.3, 0.4) is 0 Å². The molecule has 9 nitrogen and oxygen atoms in total. The minimum atomic E-state index is -0.789. The zero-order chi connectivity index (χ0) is 30.1. The maximum atomic E-state index is 13.6. The van der Waals surface area contributed by atoms with Crippen LogP contribution in [0, 0.1) is 17.8 Å². The van der Waals surface area contributed by atoms with Gasteiger partial charge >= 0.3 is 6.03 Å². The van der Waals surface area contributed by atoms with E-state index < -0.39 is 17.9 Å². The molecule has 1 aromatic rings. The number of nitrogens with zero attached hydrogens (tertiary/aromatic N) is 1. The molecule has 3 amide bonds. The Bertz CT molecular complexity index is 1060. The van der Waals surface area contributed by atoms with Gasteiger partial charge in [0.15, 0.2) is 6.29 Å². The number of nitrogens with one attached hydrogen (secondary N) is 3. The Labute approximate surface area is 244 Å². The minimum absolute atomic E-state index is 0.0158. The molecule has 9 heteroatoms. The summed E-state index contributed by atoms with van der Waals surface area (Å²) in [5.41, 5.74) is 3.26. The fourth-order valence-corrected chi connectivity index (χ4v) is 6.24. The van der Waals surface area contributed by atoms with Crippen molar-refractivity contribution in [3.05, 3.63) is 47.7 Å². The molecule has 4 rings (SSSR count). The number of likely N-dealkylation sites (tertiary alicyclic amines) is 1. The monoisotopic (exact) mass is 568 g/mol. The van der Waals surface area contributed by atoms with Gasteiger partial charge in [-0.05, 0) is 75.3 Å². The predicted octanol–water partition coefficient (Wildman–Crippen LogP) is 3.14. The van der Waals surface area contributed by atoms with Crippen molar-refractivity contribution in [3.63, 3.8) is 0 Å². The molecule has 1 saturated heterocycles. The van der Waals surface area contributed by atoms with E-state index in [1.165, 1.54) is 11.1 Å². The van der Waals surface area contributed by atoms with Crippen molar-refractivity contribution in [3.8, 4) is 0 Å². The SMILES string of the molecule is C=C(C(NC(=O)NC(C)C)C1Cc2ccccc2C1)N1CC[C@H](C)C1C(=O)NC(CC1CCC1)C(=O)C=O.CCO. The number of hydrogen-bond acceptors (Lipinski definition) is 6. The highest BCUT2D eigenvalue weighted by atomic mass is 16.2. The summed E-state index contributed by atoms with van der Waals surface area (Å²) in [6.07, 6.45) is 6.43. The molecule has 3 aliphatic rings. The van der Waals surface area contributed by atoms with Gasteiger partial charge in [-0.15, -0.1) is 0 Å². The van der Waals surface area contributed by atoms with Crippen molar-refractivity contribution < 1.29 is 24.3 Å². The number of carbonyl (C=O) groups is 4. The molecule has 1 aliphatic heterocycles. The molecule has 3 unspecified atom stereocenters. The van der Waals surface area contributed by atoms with Crippen LogP contribution in [0.1, 0.15) is 70.9 Å². The zero-order valence-corrected chi connectivity index (χ0v) is 25.0. The van der Waals surface area contributed by atoms with Crippen molar-refractivity contribution in [1.82, 2.24) is 20.9 Å². The first-order valence-corrected chi connectivity index (χ1v) is 15.1. The smallest absolute Gasteiger partial charge is 0.315 e. The lowest BCUT2D eigenvalue weighted by atomic mass is 9.80. The number of carbonyl (C=O) groups excluding carboxylic acids is 4. The van der Waals surface area contributed by atoms with Crippen molar-refractivity contribution in [1.29, 1.82) is 0 Å². The van der Waals surface area contributed by atoms with E-state index in [0.29, 0.717) is 30.9 Å². The maximum absolute atomic E-state index is 13.6. The van der Waals surface area contributed by atoms with Crippen LogP contribution in [0.15, 0.2) is 36.5 Å². The van der Waals surface area contributed by atoms with Crippen LogP contribution in [-0.4, -0.2) is 71.3 Å². The van der Waals surface area contributed by atoms with Crippen LogP contribution in [-0.2, 0) is 27.2 Å². The Morgan fingerprint density at radius 2 is 1.68 bits per heavy atom. The summed E-state index contributed by atoms with van der Waals surface area (Å²) < 4.78 is 0. The molecule has 0 aromatic heterocycles. The summed E-state index contributed by atoms with van der Waals surface area (Å²) in [7, 11) is 0. The largest absolute Gasteiger partial charge is 0.397 e. The van der Waals surface area contributed by atoms with Crippen LogP contribution in [0.2, 0.25) is 0 Å². The van der Waals surface area contributed by atoms with E-state index in [-0.39, 0.29) is 42.5 Å². The molecule has 0 spiro atoms. The Kier molecular flexibility index (Phi) is 11.9. The summed E-state index contributed by atoms with van der Waals surface area (Å²) >= 11 is 0. The molecule has 0 bridgehead atoms. The molecular formula is C32H48N4O5. The normalized spacial score (nSPS) is 21.6. The zero-order valence-electron chi connectivity index (χ0n) is 25.0. The number of aliphatic hydroxyl groups excluding tert-OH is 1. The maximum Gasteiger partial charge on any atom is 0.315 e. The quantitative estimate of drug-likeness (QED) is 0.240. The summed E-state index contributed by atoms with van der Waals surface area (Å²) in [6, 6.07) is 6.39. The highest BCUT2D eigenvalue weighted by Gasteiger charge is 2.43. The van der Waals surface area contributed by atoms with Crippen molar-refractivity contribution in [2.75, 3.05) is 13.2 Å². The molecule has 226 valence electrons. The Hall–Kier alpha value is -3.20. The number of benzene rings is 1. The Morgan fingerprint density at radius 3 is 2.20 bits per heavy atom. The molecule has 0 radical (unpaired) electrons. The van der Waals surface area contributed by atoms with Gasteiger partial charge in [0.25, 0.3) is 0 Å². The number of hydrogen-bond donors (Lipinski definition) is 4. The summed E-state index contributed by atoms with van der Waals surface area (Å²) in [5, 5.41) is 16.6. The number of ketones is 1. The second-order valence-corrected chi connectivity index (χ2v) is 12.0. The number of urea groups is 1. The van der Waals surface area contributed by atoms with E-state index in [2.05, 4.69) is 34.7 Å².